The number of hydrogen-bond acceptors (Lipinski definition) is 7. The minimum absolute atomic E-state index is 0.0557. The van der Waals surface area contributed by atoms with Crippen molar-refractivity contribution in [3.8, 4) is 5.75 Å². The maximum atomic E-state index is 15.0. The van der Waals surface area contributed by atoms with E-state index >= 15 is 4.79 Å². The molecule has 3 N–H and O–H groups in total. The number of likely N-dealkylation sites (tertiary alicyclic amines) is 1. The number of rotatable bonds is 10. The van der Waals surface area contributed by atoms with Crippen LogP contribution in [0.1, 0.15) is 44.2 Å². The molecular weight excluding hydrogens is 718 g/mol. The van der Waals surface area contributed by atoms with Crippen molar-refractivity contribution in [2.75, 3.05) is 30.5 Å². The molecule has 0 unspecified atom stereocenters. The summed E-state index contributed by atoms with van der Waals surface area (Å²) < 4.78 is 13.4. The Balaban J connectivity index is 1.38. The fourth-order valence-corrected chi connectivity index (χ4v) is 12.8. The molecule has 10 nitrogen and oxygen atoms in total. The van der Waals surface area contributed by atoms with Crippen LogP contribution in [0.25, 0.3) is 0 Å². The van der Waals surface area contributed by atoms with Gasteiger partial charge < -0.3 is 34.8 Å². The van der Waals surface area contributed by atoms with Gasteiger partial charge in [0.2, 0.25) is 5.91 Å². The Kier molecular flexibility index (Phi) is 10.3. The lowest BCUT2D eigenvalue weighted by atomic mass is 9.82. The molecule has 2 fully saturated rings. The highest BCUT2D eigenvalue weighted by Gasteiger charge is 2.66. The first-order chi connectivity index (χ1) is 23.8. The van der Waals surface area contributed by atoms with Gasteiger partial charge in [0, 0.05) is 28.2 Å². The number of amides is 3. The van der Waals surface area contributed by atoms with Gasteiger partial charge in [-0.05, 0) is 73.3 Å². The first-order valence-electron chi connectivity index (χ1n) is 17.2. The van der Waals surface area contributed by atoms with Crippen molar-refractivity contribution in [1.29, 1.82) is 0 Å². The number of methoxy groups -OCH3 is 1. The van der Waals surface area contributed by atoms with Crippen LogP contribution in [0.4, 0.5) is 11.4 Å². The average Bonchev–Trinajstić information content (AvgIpc) is 3.76. The molecule has 3 aromatic carbocycles. The van der Waals surface area contributed by atoms with E-state index in [4.69, 9.17) is 9.47 Å². The van der Waals surface area contributed by atoms with E-state index in [1.165, 1.54) is 12.1 Å². The van der Waals surface area contributed by atoms with Crippen LogP contribution in [0, 0.1) is 5.92 Å². The van der Waals surface area contributed by atoms with Crippen molar-refractivity contribution < 1.29 is 34.1 Å². The van der Waals surface area contributed by atoms with Gasteiger partial charge in [-0.3, -0.25) is 14.4 Å². The summed E-state index contributed by atoms with van der Waals surface area (Å²) in [6.07, 6.45) is 0.0714. The number of carbonyl (C=O) groups excluding carboxylic acids is 3. The number of halogens is 1. The quantitative estimate of drug-likeness (QED) is 0.251. The first-order valence-corrected chi connectivity index (χ1v) is 21.1. The van der Waals surface area contributed by atoms with Crippen LogP contribution in [0.2, 0.25) is 18.6 Å². The highest BCUT2D eigenvalue weighted by Crippen LogP contribution is 2.60. The number of aliphatic hydroxyl groups is 2. The molecule has 0 aliphatic carbocycles. The number of ether oxygens (including phenoxy) is 2. The van der Waals surface area contributed by atoms with Crippen LogP contribution in [0.3, 0.4) is 0 Å². The van der Waals surface area contributed by atoms with Crippen molar-refractivity contribution >= 4 is 58.3 Å². The maximum absolute atomic E-state index is 15.0. The smallest absolute Gasteiger partial charge is 0.264 e. The number of nitrogens with zero attached hydrogens (tertiary/aromatic N) is 2. The summed E-state index contributed by atoms with van der Waals surface area (Å²) in [7, 11) is -0.814. The summed E-state index contributed by atoms with van der Waals surface area (Å²) in [6.45, 7) is 8.89. The largest absolute Gasteiger partial charge is 0.497 e. The second kappa shape index (κ2) is 14.2. The third-order valence-electron chi connectivity index (χ3n) is 11.0. The lowest BCUT2D eigenvalue weighted by Crippen LogP contribution is -2.52. The third kappa shape index (κ3) is 6.41. The Morgan fingerprint density at radius 2 is 1.82 bits per heavy atom. The first kappa shape index (κ1) is 36.2. The Labute approximate surface area is 302 Å². The average molecular weight is 765 g/mol. The van der Waals surface area contributed by atoms with Gasteiger partial charge in [0.15, 0.2) is 5.60 Å². The number of carbonyl (C=O) groups is 3. The molecule has 3 aliphatic heterocycles. The van der Waals surface area contributed by atoms with E-state index in [9.17, 15) is 19.8 Å². The van der Waals surface area contributed by atoms with Gasteiger partial charge in [-0.2, -0.15) is 0 Å². The molecule has 2 saturated heterocycles. The molecule has 12 heteroatoms. The molecule has 266 valence electrons. The highest BCUT2D eigenvalue weighted by atomic mass is 79.9. The highest BCUT2D eigenvalue weighted by molar-refractivity contribution is 9.10. The van der Waals surface area contributed by atoms with Crippen molar-refractivity contribution in [1.82, 2.24) is 4.90 Å². The van der Waals surface area contributed by atoms with Gasteiger partial charge >= 0.3 is 0 Å². The molecule has 3 aromatic rings. The van der Waals surface area contributed by atoms with Crippen molar-refractivity contribution in [3.05, 3.63) is 82.3 Å². The van der Waals surface area contributed by atoms with E-state index in [-0.39, 0.29) is 48.9 Å². The number of fused-ring (bicyclic) bond motifs is 2. The van der Waals surface area contributed by atoms with Crippen molar-refractivity contribution in [2.45, 2.75) is 82.1 Å². The SMILES string of the molecule is COc1ccc([Si](C)(C)[C@H]2[C@H](CC(=O)N3CCC[C@H]3CO)O[C@@]3(C(=O)N(Cc4ccc(NC(=O)[C@H](C)O)cc4)c4ccc(Br)cc43)[C@@H]2C)cc1. The third-order valence-corrected chi connectivity index (χ3v) is 15.9. The van der Waals surface area contributed by atoms with Gasteiger partial charge in [-0.1, -0.05) is 65.4 Å². The van der Waals surface area contributed by atoms with Crippen LogP contribution < -0.4 is 20.1 Å². The van der Waals surface area contributed by atoms with Gasteiger partial charge in [-0.25, -0.2) is 0 Å². The Morgan fingerprint density at radius 1 is 1.12 bits per heavy atom. The number of anilines is 2. The van der Waals surface area contributed by atoms with E-state index in [1.807, 2.05) is 42.5 Å². The topological polar surface area (TPSA) is 129 Å². The molecular formula is C38H46BrN3O7Si. The van der Waals surface area contributed by atoms with Gasteiger partial charge in [-0.15, -0.1) is 0 Å². The zero-order valence-electron chi connectivity index (χ0n) is 29.2. The molecule has 6 atom stereocenters. The van der Waals surface area contributed by atoms with Crippen molar-refractivity contribution in [3.63, 3.8) is 0 Å². The summed E-state index contributed by atoms with van der Waals surface area (Å²) in [6, 6.07) is 21.0. The predicted molar refractivity (Wildman–Crippen MR) is 198 cm³/mol. The number of nitrogens with one attached hydrogen (secondary N) is 1. The van der Waals surface area contributed by atoms with Gasteiger partial charge in [0.25, 0.3) is 11.8 Å². The molecule has 1 spiro atoms. The molecule has 6 rings (SSSR count). The summed E-state index contributed by atoms with van der Waals surface area (Å²) in [5.74, 6) is -0.236. The van der Waals surface area contributed by atoms with Crippen LogP contribution in [0.15, 0.2) is 71.2 Å². The number of aliphatic hydroxyl groups excluding tert-OH is 2. The molecule has 50 heavy (non-hydrogen) atoms. The minimum atomic E-state index is -2.46. The molecule has 3 amide bonds. The summed E-state index contributed by atoms with van der Waals surface area (Å²) >= 11 is 3.65. The number of benzene rings is 3. The van der Waals surface area contributed by atoms with Crippen LogP contribution in [-0.4, -0.2) is 79.4 Å². The summed E-state index contributed by atoms with van der Waals surface area (Å²) in [5.41, 5.74) is 1.50. The standard InChI is InChI=1S/C38H46BrN3O7Si/c1-23-35(50(4,5)30-15-13-29(48-3)14-16-30)33(20-34(45)41-18-6-7-28(41)22-43)49-38(23)31-19-26(39)10-17-32(31)42(37(38)47)21-25-8-11-27(12-9-25)40-36(46)24(2)44/h8-17,19,23-24,28,33,35,43-44H,6-7,18,20-22H2,1-5H3,(H,40,46)/t23-,24+,28+,33+,35-,38+/m1/s1. The molecule has 0 aromatic heterocycles. The summed E-state index contributed by atoms with van der Waals surface area (Å²) in [4.78, 5) is 44.6. The maximum Gasteiger partial charge on any atom is 0.264 e. The Hall–Kier alpha value is -3.55. The Bertz CT molecular complexity index is 1750. The van der Waals surface area contributed by atoms with Crippen LogP contribution in [-0.2, 0) is 31.3 Å². The van der Waals surface area contributed by atoms with E-state index < -0.39 is 31.8 Å². The molecule has 0 saturated carbocycles. The Morgan fingerprint density at radius 3 is 2.46 bits per heavy atom. The molecule has 3 heterocycles. The predicted octanol–water partition coefficient (Wildman–Crippen LogP) is 4.91. The fraction of sp³-hybridized carbons (Fsp3) is 0.447. The van der Waals surface area contributed by atoms with Gasteiger partial charge in [0.1, 0.15) is 11.9 Å². The fourth-order valence-electron chi connectivity index (χ4n) is 8.41. The lowest BCUT2D eigenvalue weighted by molar-refractivity contribution is -0.150. The lowest BCUT2D eigenvalue weighted by Gasteiger charge is -2.37. The molecule has 0 radical (unpaired) electrons. The zero-order valence-corrected chi connectivity index (χ0v) is 31.8. The minimum Gasteiger partial charge on any atom is -0.497 e. The second-order valence-electron chi connectivity index (χ2n) is 14.3. The molecule has 0 bridgehead atoms. The zero-order chi connectivity index (χ0) is 36.0. The summed E-state index contributed by atoms with van der Waals surface area (Å²) in [5, 5.41) is 23.5. The van der Waals surface area contributed by atoms with E-state index in [1.54, 1.807) is 29.0 Å². The number of hydrogen-bond donors (Lipinski definition) is 3. The van der Waals surface area contributed by atoms with E-state index in [0.29, 0.717) is 12.2 Å². The van der Waals surface area contributed by atoms with Crippen molar-refractivity contribution in [2.24, 2.45) is 5.92 Å². The normalized spacial score (nSPS) is 25.2. The van der Waals surface area contributed by atoms with E-state index in [2.05, 4.69) is 53.4 Å². The van der Waals surface area contributed by atoms with E-state index in [0.717, 1.165) is 39.9 Å². The monoisotopic (exact) mass is 763 g/mol. The van der Waals surface area contributed by atoms with Gasteiger partial charge in [0.05, 0.1) is 52.6 Å². The second-order valence-corrected chi connectivity index (χ2v) is 19.9. The van der Waals surface area contributed by atoms with Crippen LogP contribution in [0.5, 0.6) is 5.75 Å². The van der Waals surface area contributed by atoms with Crippen LogP contribution >= 0.6 is 15.9 Å². The molecule has 3 aliphatic rings.